The molecular formula is C12H12N2O2. The van der Waals surface area contributed by atoms with Crippen LogP contribution in [0, 0.1) is 0 Å². The molecule has 0 radical (unpaired) electrons. The van der Waals surface area contributed by atoms with E-state index in [9.17, 15) is 0 Å². The number of pyridine rings is 1. The van der Waals surface area contributed by atoms with E-state index in [0.29, 0.717) is 11.6 Å². The highest BCUT2D eigenvalue weighted by Gasteiger charge is 1.98. The summed E-state index contributed by atoms with van der Waals surface area (Å²) in [5.74, 6) is 2.65. The van der Waals surface area contributed by atoms with Crippen LogP contribution in [0.2, 0.25) is 0 Å². The second-order valence-electron chi connectivity index (χ2n) is 3.20. The molecule has 0 saturated carbocycles. The van der Waals surface area contributed by atoms with Crippen LogP contribution in [0.5, 0.6) is 17.2 Å². The fourth-order valence-electron chi connectivity index (χ4n) is 1.23. The first-order chi connectivity index (χ1) is 7.78. The van der Waals surface area contributed by atoms with Crippen LogP contribution in [0.4, 0.5) is 5.82 Å². The summed E-state index contributed by atoms with van der Waals surface area (Å²) < 4.78 is 10.6. The molecule has 4 nitrogen and oxygen atoms in total. The summed E-state index contributed by atoms with van der Waals surface area (Å²) in [5, 5.41) is 0. The zero-order valence-corrected chi connectivity index (χ0v) is 8.88. The Morgan fingerprint density at radius 3 is 2.12 bits per heavy atom. The van der Waals surface area contributed by atoms with Gasteiger partial charge in [0.2, 0.25) is 0 Å². The van der Waals surface area contributed by atoms with Gasteiger partial charge in [-0.25, -0.2) is 4.98 Å². The molecule has 0 unspecified atom stereocenters. The average molecular weight is 216 g/mol. The first-order valence-electron chi connectivity index (χ1n) is 4.81. The van der Waals surface area contributed by atoms with Crippen LogP contribution >= 0.6 is 0 Å². The maximum Gasteiger partial charge on any atom is 0.145 e. The van der Waals surface area contributed by atoms with Gasteiger partial charge in [-0.2, -0.15) is 0 Å². The lowest BCUT2D eigenvalue weighted by Gasteiger charge is -2.06. The third-order valence-electron chi connectivity index (χ3n) is 2.05. The van der Waals surface area contributed by atoms with Gasteiger partial charge in [-0.1, -0.05) is 0 Å². The van der Waals surface area contributed by atoms with Gasteiger partial charge in [0.1, 0.15) is 23.1 Å². The van der Waals surface area contributed by atoms with Crippen molar-refractivity contribution in [1.82, 2.24) is 4.98 Å². The predicted molar refractivity (Wildman–Crippen MR) is 61.7 cm³/mol. The van der Waals surface area contributed by atoms with Gasteiger partial charge in [0.05, 0.1) is 13.3 Å². The number of hydrogen-bond donors (Lipinski definition) is 1. The second-order valence-corrected chi connectivity index (χ2v) is 3.20. The summed E-state index contributed by atoms with van der Waals surface area (Å²) in [6.45, 7) is 0. The third kappa shape index (κ3) is 2.42. The summed E-state index contributed by atoms with van der Waals surface area (Å²) >= 11 is 0. The Hall–Kier alpha value is -2.23. The van der Waals surface area contributed by atoms with E-state index in [1.165, 1.54) is 0 Å². The molecular weight excluding hydrogens is 204 g/mol. The third-order valence-corrected chi connectivity index (χ3v) is 2.05. The van der Waals surface area contributed by atoms with Crippen molar-refractivity contribution < 1.29 is 9.47 Å². The van der Waals surface area contributed by atoms with E-state index >= 15 is 0 Å². The van der Waals surface area contributed by atoms with Crippen LogP contribution in [0.25, 0.3) is 0 Å². The second kappa shape index (κ2) is 4.53. The Kier molecular flexibility index (Phi) is 2.91. The van der Waals surface area contributed by atoms with Gasteiger partial charge in [-0.15, -0.1) is 0 Å². The molecule has 1 heterocycles. The highest BCUT2D eigenvalue weighted by atomic mass is 16.5. The van der Waals surface area contributed by atoms with Gasteiger partial charge in [0, 0.05) is 0 Å². The molecule has 2 aromatic rings. The molecule has 0 saturated heterocycles. The molecule has 82 valence electrons. The minimum atomic E-state index is 0.474. The van der Waals surface area contributed by atoms with Gasteiger partial charge >= 0.3 is 0 Å². The van der Waals surface area contributed by atoms with E-state index in [1.54, 1.807) is 25.4 Å². The van der Waals surface area contributed by atoms with Crippen LogP contribution in [0.15, 0.2) is 42.6 Å². The van der Waals surface area contributed by atoms with Crippen LogP contribution < -0.4 is 15.2 Å². The molecule has 1 aromatic heterocycles. The van der Waals surface area contributed by atoms with Gasteiger partial charge in [0.15, 0.2) is 0 Å². The normalized spacial score (nSPS) is 9.81. The highest BCUT2D eigenvalue weighted by Crippen LogP contribution is 2.23. The average Bonchev–Trinajstić information content (AvgIpc) is 2.33. The van der Waals surface area contributed by atoms with E-state index in [4.69, 9.17) is 15.2 Å². The Labute approximate surface area is 93.6 Å². The molecule has 0 aliphatic rings. The number of ether oxygens (including phenoxy) is 2. The lowest BCUT2D eigenvalue weighted by atomic mass is 10.3. The number of nitrogens with zero attached hydrogens (tertiary/aromatic N) is 1. The molecule has 0 aliphatic heterocycles. The molecule has 0 spiro atoms. The van der Waals surface area contributed by atoms with Crippen molar-refractivity contribution in [1.29, 1.82) is 0 Å². The molecule has 1 aromatic carbocycles. The molecule has 0 amide bonds. The number of aromatic nitrogens is 1. The fraction of sp³-hybridized carbons (Fsp3) is 0.0833. The lowest BCUT2D eigenvalue weighted by Crippen LogP contribution is -1.90. The minimum absolute atomic E-state index is 0.474. The van der Waals surface area contributed by atoms with Crippen LogP contribution in [0.3, 0.4) is 0 Å². The van der Waals surface area contributed by atoms with E-state index in [0.717, 1.165) is 11.5 Å². The van der Waals surface area contributed by atoms with Gasteiger partial charge < -0.3 is 15.2 Å². The number of rotatable bonds is 3. The van der Waals surface area contributed by atoms with Crippen molar-refractivity contribution in [3.8, 4) is 17.2 Å². The largest absolute Gasteiger partial charge is 0.497 e. The number of nitrogens with two attached hydrogens (primary N) is 1. The first-order valence-corrected chi connectivity index (χ1v) is 4.81. The minimum Gasteiger partial charge on any atom is -0.497 e. The van der Waals surface area contributed by atoms with Crippen molar-refractivity contribution in [3.05, 3.63) is 42.6 Å². The van der Waals surface area contributed by atoms with Crippen molar-refractivity contribution in [3.63, 3.8) is 0 Å². The molecule has 4 heteroatoms. The summed E-state index contributed by atoms with van der Waals surface area (Å²) in [6, 6.07) is 10.8. The smallest absolute Gasteiger partial charge is 0.145 e. The Morgan fingerprint density at radius 2 is 1.56 bits per heavy atom. The maximum absolute atomic E-state index is 5.56. The number of anilines is 1. The standard InChI is InChI=1S/C12H12N2O2/c1-15-9-2-4-10(5-3-9)16-11-6-7-12(13)14-8-11/h2-8H,1H3,(H2,13,14). The number of benzene rings is 1. The maximum atomic E-state index is 5.56. The number of hydrogen-bond acceptors (Lipinski definition) is 4. The monoisotopic (exact) mass is 216 g/mol. The van der Waals surface area contributed by atoms with Gasteiger partial charge in [-0.05, 0) is 36.4 Å². The topological polar surface area (TPSA) is 57.4 Å². The zero-order valence-electron chi connectivity index (χ0n) is 8.88. The lowest BCUT2D eigenvalue weighted by molar-refractivity contribution is 0.413. The summed E-state index contributed by atoms with van der Waals surface area (Å²) in [5.41, 5.74) is 5.47. The molecule has 2 N–H and O–H groups in total. The molecule has 16 heavy (non-hydrogen) atoms. The first kappa shape index (κ1) is 10.3. The Morgan fingerprint density at radius 1 is 0.938 bits per heavy atom. The van der Waals surface area contributed by atoms with Gasteiger partial charge in [0.25, 0.3) is 0 Å². The summed E-state index contributed by atoms with van der Waals surface area (Å²) in [4.78, 5) is 3.94. The predicted octanol–water partition coefficient (Wildman–Crippen LogP) is 2.46. The Bertz CT molecular complexity index is 451. The van der Waals surface area contributed by atoms with E-state index in [-0.39, 0.29) is 0 Å². The van der Waals surface area contributed by atoms with Gasteiger partial charge in [-0.3, -0.25) is 0 Å². The van der Waals surface area contributed by atoms with Crippen LogP contribution in [-0.4, -0.2) is 12.1 Å². The van der Waals surface area contributed by atoms with E-state index < -0.39 is 0 Å². The molecule has 0 bridgehead atoms. The molecule has 0 atom stereocenters. The van der Waals surface area contributed by atoms with Crippen molar-refractivity contribution in [2.24, 2.45) is 0 Å². The zero-order chi connectivity index (χ0) is 11.4. The molecule has 0 aliphatic carbocycles. The van der Waals surface area contributed by atoms with Crippen molar-refractivity contribution in [2.75, 3.05) is 12.8 Å². The fourth-order valence-corrected chi connectivity index (χ4v) is 1.23. The van der Waals surface area contributed by atoms with Crippen LogP contribution in [-0.2, 0) is 0 Å². The quantitative estimate of drug-likeness (QED) is 0.856. The van der Waals surface area contributed by atoms with E-state index in [1.807, 2.05) is 24.3 Å². The van der Waals surface area contributed by atoms with Crippen LogP contribution in [0.1, 0.15) is 0 Å². The van der Waals surface area contributed by atoms with Crippen molar-refractivity contribution >= 4 is 5.82 Å². The van der Waals surface area contributed by atoms with E-state index in [2.05, 4.69) is 4.98 Å². The molecule has 2 rings (SSSR count). The summed E-state index contributed by atoms with van der Waals surface area (Å²) in [7, 11) is 1.62. The number of nitrogen functional groups attached to an aromatic ring is 1. The number of methoxy groups -OCH3 is 1. The SMILES string of the molecule is COc1ccc(Oc2ccc(N)nc2)cc1. The molecule has 0 fully saturated rings. The van der Waals surface area contributed by atoms with Crippen molar-refractivity contribution in [2.45, 2.75) is 0 Å². The highest BCUT2D eigenvalue weighted by molar-refractivity contribution is 5.37. The Balaban J connectivity index is 2.11. The summed E-state index contributed by atoms with van der Waals surface area (Å²) in [6.07, 6.45) is 1.58.